The minimum Gasteiger partial charge on any atom is -0.508 e. The average Bonchev–Trinajstić information content (AvgIpc) is 2.78. The molecule has 0 unspecified atom stereocenters. The maximum Gasteiger partial charge on any atom is 0.115 e. The van der Waals surface area contributed by atoms with E-state index in [0.29, 0.717) is 5.75 Å². The minimum atomic E-state index is 0.357. The number of phenols is 1. The molecule has 0 heterocycles. The molecule has 0 amide bonds. The monoisotopic (exact) mass is 431 g/mol. The lowest BCUT2D eigenvalue weighted by molar-refractivity contribution is 0.475. The molecule has 0 atom stereocenters. The smallest absolute Gasteiger partial charge is 0.115 e. The fourth-order valence-electron chi connectivity index (χ4n) is 4.36. The van der Waals surface area contributed by atoms with Crippen molar-refractivity contribution in [3.63, 3.8) is 0 Å². The highest BCUT2D eigenvalue weighted by molar-refractivity contribution is 5.25. The number of hydrogen-bond donors (Lipinski definition) is 2. The zero-order chi connectivity index (χ0) is 22.2. The summed E-state index contributed by atoms with van der Waals surface area (Å²) in [7, 11) is 0. The van der Waals surface area contributed by atoms with Gasteiger partial charge in [-0.1, -0.05) is 128 Å². The van der Waals surface area contributed by atoms with Gasteiger partial charge in [-0.25, -0.2) is 0 Å². The van der Waals surface area contributed by atoms with E-state index in [2.05, 4.69) is 12.2 Å². The van der Waals surface area contributed by atoms with Gasteiger partial charge in [-0.3, -0.25) is 0 Å². The number of benzene rings is 1. The van der Waals surface area contributed by atoms with Crippen molar-refractivity contribution >= 4 is 0 Å². The quantitative estimate of drug-likeness (QED) is 0.169. The van der Waals surface area contributed by atoms with Gasteiger partial charge in [-0.2, -0.15) is 0 Å². The number of unbranched alkanes of at least 4 members (excludes halogenated alkanes) is 17. The van der Waals surface area contributed by atoms with Gasteiger partial charge in [0.1, 0.15) is 5.75 Å². The predicted molar refractivity (Wildman–Crippen MR) is 138 cm³/mol. The third kappa shape index (κ3) is 19.4. The van der Waals surface area contributed by atoms with Crippen molar-refractivity contribution in [1.29, 1.82) is 0 Å². The number of nitrogens with one attached hydrogen (secondary N) is 1. The standard InChI is InChI=1S/C29H53NO/c1-2-3-4-5-6-7-8-9-10-11-12-13-14-15-16-17-18-19-26-30-27-20-21-28-22-24-29(31)25-23-28/h22-25,30-31H,2-21,26-27H2,1H3. The molecule has 1 aromatic carbocycles. The second-order valence-electron chi connectivity index (χ2n) is 9.53. The molecule has 2 heteroatoms. The molecular formula is C29H53NO. The molecular weight excluding hydrogens is 378 g/mol. The molecule has 0 aliphatic heterocycles. The number of aryl methyl sites for hydroxylation is 1. The lowest BCUT2D eigenvalue weighted by atomic mass is 10.0. The fraction of sp³-hybridized carbons (Fsp3) is 0.793. The summed E-state index contributed by atoms with van der Waals surface area (Å²) in [6.45, 7) is 4.55. The average molecular weight is 432 g/mol. The van der Waals surface area contributed by atoms with Crippen LogP contribution in [0.4, 0.5) is 0 Å². The van der Waals surface area contributed by atoms with Crippen molar-refractivity contribution in [1.82, 2.24) is 5.32 Å². The molecule has 0 aromatic heterocycles. The Morgan fingerprint density at radius 1 is 0.516 bits per heavy atom. The van der Waals surface area contributed by atoms with E-state index in [1.807, 2.05) is 12.1 Å². The molecule has 0 spiro atoms. The van der Waals surface area contributed by atoms with Crippen LogP contribution >= 0.6 is 0 Å². The Bertz CT molecular complexity index is 470. The SMILES string of the molecule is CCCCCCCCCCCCCCCCCCCCNCCCc1ccc(O)cc1. The normalized spacial score (nSPS) is 11.3. The summed E-state index contributed by atoms with van der Waals surface area (Å²) in [5.41, 5.74) is 1.31. The second-order valence-corrected chi connectivity index (χ2v) is 9.53. The maximum atomic E-state index is 9.30. The molecule has 31 heavy (non-hydrogen) atoms. The summed E-state index contributed by atoms with van der Waals surface area (Å²) in [5.74, 6) is 0.357. The first-order valence-electron chi connectivity index (χ1n) is 13.8. The van der Waals surface area contributed by atoms with Gasteiger partial charge in [-0.05, 0) is 50.0 Å². The highest BCUT2D eigenvalue weighted by atomic mass is 16.3. The van der Waals surface area contributed by atoms with Crippen molar-refractivity contribution in [2.45, 2.75) is 135 Å². The van der Waals surface area contributed by atoms with Crippen LogP contribution < -0.4 is 5.32 Å². The van der Waals surface area contributed by atoms with Crippen molar-refractivity contribution in [3.05, 3.63) is 29.8 Å². The summed E-state index contributed by atoms with van der Waals surface area (Å²) in [6, 6.07) is 7.60. The van der Waals surface area contributed by atoms with Gasteiger partial charge < -0.3 is 10.4 Å². The van der Waals surface area contributed by atoms with Crippen LogP contribution in [0.25, 0.3) is 0 Å². The number of aromatic hydroxyl groups is 1. The zero-order valence-corrected chi connectivity index (χ0v) is 20.8. The third-order valence-corrected chi connectivity index (χ3v) is 6.46. The summed E-state index contributed by atoms with van der Waals surface area (Å²) >= 11 is 0. The van der Waals surface area contributed by atoms with E-state index in [0.717, 1.165) is 19.5 Å². The molecule has 0 aliphatic carbocycles. The molecule has 2 N–H and O–H groups in total. The molecule has 2 nitrogen and oxygen atoms in total. The Morgan fingerprint density at radius 3 is 1.35 bits per heavy atom. The topological polar surface area (TPSA) is 32.3 Å². The Morgan fingerprint density at radius 2 is 0.903 bits per heavy atom. The van der Waals surface area contributed by atoms with Crippen LogP contribution in [0.3, 0.4) is 0 Å². The Hall–Kier alpha value is -1.02. The van der Waals surface area contributed by atoms with E-state index in [1.54, 1.807) is 12.1 Å². The molecule has 0 aliphatic rings. The van der Waals surface area contributed by atoms with Gasteiger partial charge in [0.2, 0.25) is 0 Å². The second kappa shape index (κ2) is 22.2. The van der Waals surface area contributed by atoms with Gasteiger partial charge in [0.15, 0.2) is 0 Å². The van der Waals surface area contributed by atoms with Crippen LogP contribution in [0.2, 0.25) is 0 Å². The lowest BCUT2D eigenvalue weighted by Gasteiger charge is -2.06. The molecule has 0 bridgehead atoms. The van der Waals surface area contributed by atoms with Gasteiger partial charge in [0, 0.05) is 0 Å². The van der Waals surface area contributed by atoms with Crippen LogP contribution in [0.5, 0.6) is 5.75 Å². The fourth-order valence-corrected chi connectivity index (χ4v) is 4.36. The molecule has 1 rings (SSSR count). The zero-order valence-electron chi connectivity index (χ0n) is 20.8. The molecule has 180 valence electrons. The maximum absolute atomic E-state index is 9.30. The van der Waals surface area contributed by atoms with Crippen LogP contribution in [0, 0.1) is 0 Å². The summed E-state index contributed by atoms with van der Waals surface area (Å²) in [5, 5.41) is 12.9. The molecule has 0 fully saturated rings. The Kier molecular flexibility index (Phi) is 20.0. The molecule has 0 saturated carbocycles. The predicted octanol–water partition coefficient (Wildman–Crippen LogP) is 8.96. The Labute approximate surface area is 194 Å². The minimum absolute atomic E-state index is 0.357. The van der Waals surface area contributed by atoms with Crippen molar-refractivity contribution in [3.8, 4) is 5.75 Å². The van der Waals surface area contributed by atoms with Crippen LogP contribution in [0.15, 0.2) is 24.3 Å². The van der Waals surface area contributed by atoms with Crippen LogP contribution in [0.1, 0.15) is 134 Å². The van der Waals surface area contributed by atoms with E-state index in [-0.39, 0.29) is 0 Å². The first kappa shape index (κ1) is 28.0. The first-order chi connectivity index (χ1) is 15.3. The van der Waals surface area contributed by atoms with Gasteiger partial charge >= 0.3 is 0 Å². The summed E-state index contributed by atoms with van der Waals surface area (Å²) in [6.07, 6.45) is 28.1. The van der Waals surface area contributed by atoms with Crippen molar-refractivity contribution in [2.75, 3.05) is 13.1 Å². The van der Waals surface area contributed by atoms with Gasteiger partial charge in [0.25, 0.3) is 0 Å². The van der Waals surface area contributed by atoms with E-state index >= 15 is 0 Å². The first-order valence-corrected chi connectivity index (χ1v) is 13.8. The number of phenolic OH excluding ortho intramolecular Hbond substituents is 1. The van der Waals surface area contributed by atoms with Gasteiger partial charge in [-0.15, -0.1) is 0 Å². The van der Waals surface area contributed by atoms with E-state index in [1.165, 1.54) is 128 Å². The number of hydrogen-bond acceptors (Lipinski definition) is 2. The highest BCUT2D eigenvalue weighted by Crippen LogP contribution is 2.14. The number of rotatable bonds is 23. The molecule has 0 radical (unpaired) electrons. The van der Waals surface area contributed by atoms with E-state index in [4.69, 9.17) is 0 Å². The molecule has 0 saturated heterocycles. The lowest BCUT2D eigenvalue weighted by Crippen LogP contribution is -2.17. The highest BCUT2D eigenvalue weighted by Gasteiger charge is 1.96. The van der Waals surface area contributed by atoms with Crippen molar-refractivity contribution in [2.24, 2.45) is 0 Å². The summed E-state index contributed by atoms with van der Waals surface area (Å²) < 4.78 is 0. The third-order valence-electron chi connectivity index (χ3n) is 6.46. The summed E-state index contributed by atoms with van der Waals surface area (Å²) in [4.78, 5) is 0. The Balaban J connectivity index is 1.68. The van der Waals surface area contributed by atoms with E-state index < -0.39 is 0 Å². The van der Waals surface area contributed by atoms with E-state index in [9.17, 15) is 5.11 Å². The van der Waals surface area contributed by atoms with Crippen molar-refractivity contribution < 1.29 is 5.11 Å². The van der Waals surface area contributed by atoms with Crippen LogP contribution in [-0.4, -0.2) is 18.2 Å². The van der Waals surface area contributed by atoms with Crippen LogP contribution in [-0.2, 0) is 6.42 Å². The largest absolute Gasteiger partial charge is 0.508 e. The van der Waals surface area contributed by atoms with Gasteiger partial charge in [0.05, 0.1) is 0 Å². The molecule has 1 aromatic rings.